The Labute approximate surface area is 80.1 Å². The molecule has 0 aromatic heterocycles. The van der Waals surface area contributed by atoms with Gasteiger partial charge < -0.3 is 25.4 Å². The molecule has 1 aliphatic rings. The van der Waals surface area contributed by atoms with E-state index in [1.807, 2.05) is 0 Å². The predicted molar refractivity (Wildman–Crippen MR) is 44.1 cm³/mol. The van der Waals surface area contributed by atoms with Crippen LogP contribution in [0.25, 0.3) is 0 Å². The number of carbonyl (C=O) groups excluding carboxylic acids is 2. The van der Waals surface area contributed by atoms with Gasteiger partial charge in [0.1, 0.15) is 19.2 Å². The minimum absolute atomic E-state index is 0.00375. The molecule has 1 rings (SSSR count). The fraction of sp³-hybridized carbons (Fsp3) is 0.571. The van der Waals surface area contributed by atoms with E-state index < -0.39 is 18.0 Å². The summed E-state index contributed by atoms with van der Waals surface area (Å²) in [5.41, 5.74) is 5.48. The van der Waals surface area contributed by atoms with Gasteiger partial charge in [0.2, 0.25) is 5.91 Å². The fourth-order valence-corrected chi connectivity index (χ4v) is 1.35. The molecular weight excluding hydrogens is 190 g/mol. The lowest BCUT2D eigenvalue weighted by molar-refractivity contribution is -0.265. The molecule has 0 saturated carbocycles. The zero-order valence-electron chi connectivity index (χ0n) is 7.60. The van der Waals surface area contributed by atoms with E-state index in [-0.39, 0.29) is 13.0 Å². The van der Waals surface area contributed by atoms with E-state index in [9.17, 15) is 14.7 Å². The van der Waals surface area contributed by atoms with Crippen LogP contribution in [0.15, 0.2) is 5.16 Å². The molecule has 1 saturated heterocycles. The molecule has 7 nitrogen and oxygen atoms in total. The smallest absolute Gasteiger partial charge is 0.240 e. The highest BCUT2D eigenvalue weighted by atomic mass is 16.6. The van der Waals surface area contributed by atoms with E-state index in [1.54, 1.807) is 0 Å². The summed E-state index contributed by atoms with van der Waals surface area (Å²) in [7, 11) is 1.34. The Hall–Kier alpha value is -1.79. The summed E-state index contributed by atoms with van der Waals surface area (Å²) in [4.78, 5) is 26.7. The van der Waals surface area contributed by atoms with Gasteiger partial charge in [-0.15, -0.1) is 0 Å². The molecule has 1 heterocycles. The summed E-state index contributed by atoms with van der Waals surface area (Å²) in [6, 6.07) is -0.895. The Morgan fingerprint density at radius 3 is 2.71 bits per heavy atom. The number of rotatable bonds is 2. The third kappa shape index (κ3) is 1.93. The van der Waals surface area contributed by atoms with Crippen LogP contribution in [-0.2, 0) is 9.63 Å². The van der Waals surface area contributed by atoms with Crippen molar-refractivity contribution in [2.45, 2.75) is 12.5 Å². The number of amides is 2. The van der Waals surface area contributed by atoms with Gasteiger partial charge >= 0.3 is 0 Å². The van der Waals surface area contributed by atoms with Gasteiger partial charge in [0.15, 0.2) is 0 Å². The Morgan fingerprint density at radius 2 is 2.36 bits per heavy atom. The molecule has 0 aromatic carbocycles. The molecule has 2 N–H and O–H groups in total. The van der Waals surface area contributed by atoms with Gasteiger partial charge in [0.05, 0.1) is 12.3 Å². The largest absolute Gasteiger partial charge is 0.530 e. The first-order chi connectivity index (χ1) is 6.56. The van der Waals surface area contributed by atoms with Crippen molar-refractivity contribution in [2.75, 3.05) is 13.7 Å². The first-order valence-corrected chi connectivity index (χ1v) is 3.92. The van der Waals surface area contributed by atoms with Gasteiger partial charge in [0.25, 0.3) is 0 Å². The number of carbonyl (C=O) groups is 2. The molecule has 0 aromatic rings. The maximum Gasteiger partial charge on any atom is 0.240 e. The molecule has 14 heavy (non-hydrogen) atoms. The first kappa shape index (κ1) is 10.3. The summed E-state index contributed by atoms with van der Waals surface area (Å²) in [6.07, 6.45) is -1.27. The van der Waals surface area contributed by atoms with Crippen LogP contribution in [0.5, 0.6) is 0 Å². The van der Waals surface area contributed by atoms with Gasteiger partial charge in [-0.25, -0.2) is 0 Å². The van der Waals surface area contributed by atoms with Crippen LogP contribution in [0.1, 0.15) is 6.42 Å². The van der Waals surface area contributed by atoms with Crippen LogP contribution in [0.3, 0.4) is 0 Å². The van der Waals surface area contributed by atoms with Crippen molar-refractivity contribution in [3.05, 3.63) is 0 Å². The number of primary amides is 1. The van der Waals surface area contributed by atoms with Crippen molar-refractivity contribution < 1.29 is 19.5 Å². The van der Waals surface area contributed by atoms with Crippen molar-refractivity contribution in [1.82, 2.24) is 4.90 Å². The van der Waals surface area contributed by atoms with Crippen LogP contribution in [-0.4, -0.2) is 42.3 Å². The van der Waals surface area contributed by atoms with Gasteiger partial charge in [0, 0.05) is 6.42 Å². The zero-order valence-corrected chi connectivity index (χ0v) is 7.60. The number of hydrogen-bond acceptors (Lipinski definition) is 5. The van der Waals surface area contributed by atoms with Crippen molar-refractivity contribution in [2.24, 2.45) is 10.9 Å². The standard InChI is InChI=1S/C7H11N3O4/c1-14-9-4-2-5(6(8)11)10(3-4)7(12)13/h5H,2-3H2,1H3,(H2,8,11)(H,12,13)/p-1/b9-4+. The molecule has 1 aliphatic heterocycles. The van der Waals surface area contributed by atoms with Crippen LogP contribution in [0, 0.1) is 0 Å². The number of carboxylic acid groups (broad SMARTS) is 1. The van der Waals surface area contributed by atoms with Crippen molar-refractivity contribution in [3.8, 4) is 0 Å². The van der Waals surface area contributed by atoms with E-state index in [0.29, 0.717) is 5.71 Å². The topological polar surface area (TPSA) is 108 Å². The van der Waals surface area contributed by atoms with Gasteiger partial charge in [-0.1, -0.05) is 5.16 Å². The first-order valence-electron chi connectivity index (χ1n) is 3.92. The lowest BCUT2D eigenvalue weighted by atomic mass is 10.2. The van der Waals surface area contributed by atoms with Crippen LogP contribution >= 0.6 is 0 Å². The zero-order chi connectivity index (χ0) is 10.7. The second kappa shape index (κ2) is 3.95. The summed E-state index contributed by atoms with van der Waals surface area (Å²) >= 11 is 0. The van der Waals surface area contributed by atoms with E-state index in [2.05, 4.69) is 9.99 Å². The number of nitrogens with two attached hydrogens (primary N) is 1. The average Bonchev–Trinajstić information content (AvgIpc) is 2.49. The van der Waals surface area contributed by atoms with Gasteiger partial charge in [-0.2, -0.15) is 0 Å². The Kier molecular flexibility index (Phi) is 2.90. The lowest BCUT2D eigenvalue weighted by Gasteiger charge is -2.23. The minimum Gasteiger partial charge on any atom is -0.530 e. The van der Waals surface area contributed by atoms with E-state index in [1.165, 1.54) is 7.11 Å². The molecule has 0 radical (unpaired) electrons. The van der Waals surface area contributed by atoms with E-state index in [4.69, 9.17) is 5.73 Å². The quantitative estimate of drug-likeness (QED) is 0.514. The highest BCUT2D eigenvalue weighted by Crippen LogP contribution is 2.14. The lowest BCUT2D eigenvalue weighted by Crippen LogP contribution is -2.49. The highest BCUT2D eigenvalue weighted by Gasteiger charge is 2.33. The molecule has 0 aliphatic carbocycles. The van der Waals surface area contributed by atoms with Crippen molar-refractivity contribution >= 4 is 17.7 Å². The van der Waals surface area contributed by atoms with Crippen LogP contribution in [0.2, 0.25) is 0 Å². The molecule has 1 atom stereocenters. The molecule has 0 spiro atoms. The highest BCUT2D eigenvalue weighted by molar-refractivity contribution is 5.98. The molecule has 1 unspecified atom stereocenters. The second-order valence-corrected chi connectivity index (χ2v) is 2.86. The minimum atomic E-state index is -1.44. The van der Waals surface area contributed by atoms with Gasteiger partial charge in [-0.3, -0.25) is 4.79 Å². The van der Waals surface area contributed by atoms with E-state index >= 15 is 0 Å². The molecular formula is C7H10N3O4-. The normalized spacial score (nSPS) is 23.9. The predicted octanol–water partition coefficient (Wildman–Crippen LogP) is -2.11. The fourth-order valence-electron chi connectivity index (χ4n) is 1.35. The molecule has 0 bridgehead atoms. The number of likely N-dealkylation sites (tertiary alicyclic amines) is 1. The van der Waals surface area contributed by atoms with E-state index in [0.717, 1.165) is 4.90 Å². The maximum absolute atomic E-state index is 10.9. The van der Waals surface area contributed by atoms with Gasteiger partial charge in [-0.05, 0) is 0 Å². The van der Waals surface area contributed by atoms with Crippen LogP contribution < -0.4 is 10.8 Å². The Balaban J connectivity index is 2.80. The number of nitrogens with zero attached hydrogens (tertiary/aromatic N) is 2. The molecule has 7 heteroatoms. The molecule has 1 fully saturated rings. The molecule has 2 amide bonds. The van der Waals surface area contributed by atoms with Crippen LogP contribution in [0.4, 0.5) is 4.79 Å². The Morgan fingerprint density at radius 1 is 1.71 bits per heavy atom. The average molecular weight is 200 g/mol. The third-order valence-electron chi connectivity index (χ3n) is 1.94. The number of hydrogen-bond donors (Lipinski definition) is 1. The van der Waals surface area contributed by atoms with Crippen molar-refractivity contribution in [3.63, 3.8) is 0 Å². The monoisotopic (exact) mass is 200 g/mol. The third-order valence-corrected chi connectivity index (χ3v) is 1.94. The summed E-state index contributed by atoms with van der Waals surface area (Å²) in [5.74, 6) is -0.712. The summed E-state index contributed by atoms with van der Waals surface area (Å²) in [6.45, 7) is 0.00375. The van der Waals surface area contributed by atoms with Crippen molar-refractivity contribution in [1.29, 1.82) is 0 Å². The maximum atomic E-state index is 10.9. The SMILES string of the molecule is CO/N=C1\CC(C(N)=O)N(C(=O)[O-])C1. The number of oxime groups is 1. The summed E-state index contributed by atoms with van der Waals surface area (Å²) in [5, 5.41) is 14.1. The summed E-state index contributed by atoms with van der Waals surface area (Å²) < 4.78 is 0. The molecule has 78 valence electrons. The Bertz CT molecular complexity index is 265. The second-order valence-electron chi connectivity index (χ2n) is 2.86.